The number of nitrogens with zero attached hydrogens (tertiary/aromatic N) is 2. The number of rotatable bonds is 9. The van der Waals surface area contributed by atoms with Crippen molar-refractivity contribution in [2.45, 2.75) is 15.5 Å². The van der Waals surface area contributed by atoms with Gasteiger partial charge in [0.15, 0.2) is 0 Å². The monoisotopic (exact) mass is 520 g/mol. The van der Waals surface area contributed by atoms with Crippen molar-refractivity contribution in [3.8, 4) is 0 Å². The zero-order valence-electron chi connectivity index (χ0n) is 18.7. The van der Waals surface area contributed by atoms with Gasteiger partial charge in [-0.15, -0.1) is 11.8 Å². The fraction of sp³-hybridized carbons (Fsp3) is 0.0385. The molecule has 36 heavy (non-hydrogen) atoms. The summed E-state index contributed by atoms with van der Waals surface area (Å²) in [5, 5.41) is 20.9. The smallest absolute Gasteiger partial charge is 0.336 e. The van der Waals surface area contributed by atoms with Gasteiger partial charge in [0.05, 0.1) is 26.8 Å². The van der Waals surface area contributed by atoms with Gasteiger partial charge in [-0.2, -0.15) is 0 Å². The fourth-order valence-corrected chi connectivity index (χ4v) is 6.03. The highest BCUT2D eigenvalue weighted by Gasteiger charge is 2.28. The lowest BCUT2D eigenvalue weighted by Crippen LogP contribution is -2.26. The number of carboxylic acid groups (broad SMARTS) is 1. The molecule has 0 amide bonds. The number of para-hydroxylation sites is 2. The van der Waals surface area contributed by atoms with Crippen LogP contribution in [0, 0.1) is 10.1 Å². The number of carboxylic acids is 1. The molecule has 0 heterocycles. The molecule has 0 aliphatic heterocycles. The minimum Gasteiger partial charge on any atom is -0.478 e. The summed E-state index contributed by atoms with van der Waals surface area (Å²) >= 11 is 1.16. The minimum absolute atomic E-state index is 0.0603. The summed E-state index contributed by atoms with van der Waals surface area (Å²) < 4.78 is 28.7. The average molecular weight is 521 g/mol. The van der Waals surface area contributed by atoms with E-state index >= 15 is 0 Å². The van der Waals surface area contributed by atoms with Crippen molar-refractivity contribution in [2.75, 3.05) is 4.31 Å². The highest BCUT2D eigenvalue weighted by molar-refractivity contribution is 7.98. The molecule has 4 aromatic rings. The zero-order chi connectivity index (χ0) is 25.7. The third-order valence-electron chi connectivity index (χ3n) is 5.22. The second kappa shape index (κ2) is 10.6. The van der Waals surface area contributed by atoms with E-state index in [1.807, 2.05) is 0 Å². The van der Waals surface area contributed by atoms with Crippen molar-refractivity contribution in [3.63, 3.8) is 0 Å². The molecule has 4 rings (SSSR count). The Bertz CT molecular complexity index is 1470. The number of nitro benzene ring substituents is 1. The molecule has 8 nitrogen and oxygen atoms in total. The van der Waals surface area contributed by atoms with Crippen LogP contribution >= 0.6 is 11.8 Å². The Labute approximate surface area is 212 Å². The molecule has 0 spiro atoms. The van der Waals surface area contributed by atoms with Crippen LogP contribution in [0.5, 0.6) is 0 Å². The second-order valence-electron chi connectivity index (χ2n) is 7.62. The molecule has 0 bridgehead atoms. The Morgan fingerprint density at radius 2 is 1.47 bits per heavy atom. The number of non-ortho nitro benzene ring substituents is 1. The lowest BCUT2D eigenvalue weighted by molar-refractivity contribution is -0.384. The third-order valence-corrected chi connectivity index (χ3v) is 8.11. The number of hydrogen-bond donors (Lipinski definition) is 1. The highest BCUT2D eigenvalue weighted by atomic mass is 32.2. The van der Waals surface area contributed by atoms with Crippen LogP contribution in [0.15, 0.2) is 113 Å². The predicted molar refractivity (Wildman–Crippen MR) is 138 cm³/mol. The van der Waals surface area contributed by atoms with E-state index in [2.05, 4.69) is 0 Å². The van der Waals surface area contributed by atoms with Crippen molar-refractivity contribution < 1.29 is 23.2 Å². The number of aromatic carboxylic acids is 1. The molecule has 0 saturated carbocycles. The lowest BCUT2D eigenvalue weighted by atomic mass is 10.2. The van der Waals surface area contributed by atoms with Crippen LogP contribution in [-0.4, -0.2) is 24.4 Å². The normalized spacial score (nSPS) is 11.1. The van der Waals surface area contributed by atoms with Crippen LogP contribution in [0.2, 0.25) is 0 Å². The second-order valence-corrected chi connectivity index (χ2v) is 10.4. The Hall–Kier alpha value is -4.15. The number of nitro groups is 1. The van der Waals surface area contributed by atoms with Crippen LogP contribution in [0.3, 0.4) is 0 Å². The lowest BCUT2D eigenvalue weighted by Gasteiger charge is -2.25. The molecule has 0 unspecified atom stereocenters. The van der Waals surface area contributed by atoms with E-state index in [-0.39, 0.29) is 21.9 Å². The van der Waals surface area contributed by atoms with Gasteiger partial charge in [0.1, 0.15) is 0 Å². The van der Waals surface area contributed by atoms with Gasteiger partial charge in [-0.25, -0.2) is 17.5 Å². The van der Waals surface area contributed by atoms with Crippen molar-refractivity contribution in [2.24, 2.45) is 0 Å². The van der Waals surface area contributed by atoms with Gasteiger partial charge < -0.3 is 5.11 Å². The van der Waals surface area contributed by atoms with Crippen LogP contribution in [0.1, 0.15) is 15.9 Å². The molecule has 0 radical (unpaired) electrons. The van der Waals surface area contributed by atoms with Crippen molar-refractivity contribution >= 4 is 44.8 Å². The van der Waals surface area contributed by atoms with Gasteiger partial charge in [0.2, 0.25) is 0 Å². The topological polar surface area (TPSA) is 118 Å². The van der Waals surface area contributed by atoms with E-state index in [0.29, 0.717) is 21.8 Å². The van der Waals surface area contributed by atoms with E-state index in [4.69, 9.17) is 0 Å². The molecule has 0 aliphatic carbocycles. The molecule has 0 saturated heterocycles. The minimum atomic E-state index is -4.18. The Kier molecular flexibility index (Phi) is 7.37. The van der Waals surface area contributed by atoms with Crippen LogP contribution in [0.4, 0.5) is 17.1 Å². The van der Waals surface area contributed by atoms with Crippen LogP contribution in [-0.2, 0) is 15.8 Å². The third kappa shape index (κ3) is 5.40. The summed E-state index contributed by atoms with van der Waals surface area (Å²) in [5.74, 6) is -1.01. The number of carbonyl (C=O) groups is 1. The van der Waals surface area contributed by atoms with Crippen LogP contribution in [0.25, 0.3) is 0 Å². The quantitative estimate of drug-likeness (QED) is 0.161. The molecule has 0 aromatic heterocycles. The first kappa shape index (κ1) is 25.0. The maximum Gasteiger partial charge on any atom is 0.336 e. The van der Waals surface area contributed by atoms with Gasteiger partial charge in [0.25, 0.3) is 15.7 Å². The molecule has 0 aliphatic rings. The number of sulfonamides is 1. The molecule has 0 atom stereocenters. The molecular formula is C26H20N2O6S2. The molecule has 4 aromatic carbocycles. The summed E-state index contributed by atoms with van der Waals surface area (Å²) in [6, 6.07) is 27.1. The Balaban J connectivity index is 1.70. The van der Waals surface area contributed by atoms with Crippen molar-refractivity contribution in [1.29, 1.82) is 0 Å². The molecule has 182 valence electrons. The Morgan fingerprint density at radius 1 is 0.861 bits per heavy atom. The van der Waals surface area contributed by atoms with Gasteiger partial charge in [-0.05, 0) is 48.0 Å². The number of thioether (sulfide) groups is 1. The van der Waals surface area contributed by atoms with Gasteiger partial charge in [-0.1, -0.05) is 48.5 Å². The van der Waals surface area contributed by atoms with E-state index in [1.54, 1.807) is 72.8 Å². The fourth-order valence-electron chi connectivity index (χ4n) is 3.54. The maximum atomic E-state index is 13.8. The average Bonchev–Trinajstić information content (AvgIpc) is 2.88. The summed E-state index contributed by atoms with van der Waals surface area (Å²) in [7, 11) is -4.18. The molecule has 10 heteroatoms. The largest absolute Gasteiger partial charge is 0.478 e. The maximum absolute atomic E-state index is 13.8. The van der Waals surface area contributed by atoms with E-state index < -0.39 is 20.9 Å². The first-order chi connectivity index (χ1) is 17.3. The van der Waals surface area contributed by atoms with Gasteiger partial charge in [0, 0.05) is 22.8 Å². The standard InChI is InChI=1S/C26H20N2O6S2/c29-26(30)24-17-23(14-15-25(24)35-18-19-8-7-13-22(16-19)28(31)32)36(33,34)27(20-9-3-1-4-10-20)21-11-5-2-6-12-21/h1-17H,18H2,(H,29,30). The summed E-state index contributed by atoms with van der Waals surface area (Å²) in [6.07, 6.45) is 0. The first-order valence-corrected chi connectivity index (χ1v) is 13.1. The Morgan fingerprint density at radius 3 is 2.03 bits per heavy atom. The highest BCUT2D eigenvalue weighted by Crippen LogP contribution is 2.35. The number of anilines is 2. The zero-order valence-corrected chi connectivity index (χ0v) is 20.4. The number of hydrogen-bond acceptors (Lipinski definition) is 6. The van der Waals surface area contributed by atoms with Crippen molar-refractivity contribution in [3.05, 3.63) is 124 Å². The SMILES string of the molecule is O=C(O)c1cc(S(=O)(=O)N(c2ccccc2)c2ccccc2)ccc1SCc1cccc([N+](=O)[O-])c1. The molecule has 0 fully saturated rings. The number of benzene rings is 4. The van der Waals surface area contributed by atoms with Crippen molar-refractivity contribution in [1.82, 2.24) is 0 Å². The van der Waals surface area contributed by atoms with Gasteiger partial charge in [-0.3, -0.25) is 10.1 Å². The van der Waals surface area contributed by atoms with E-state index in [9.17, 15) is 28.4 Å². The van der Waals surface area contributed by atoms with Gasteiger partial charge >= 0.3 is 5.97 Å². The van der Waals surface area contributed by atoms with E-state index in [1.165, 1.54) is 28.6 Å². The van der Waals surface area contributed by atoms with Crippen LogP contribution < -0.4 is 4.31 Å². The molecular weight excluding hydrogens is 500 g/mol. The molecule has 1 N–H and O–H groups in total. The summed E-state index contributed by atoms with van der Waals surface area (Å²) in [4.78, 5) is 22.8. The predicted octanol–water partition coefficient (Wildman–Crippen LogP) is 6.11. The summed E-state index contributed by atoms with van der Waals surface area (Å²) in [6.45, 7) is 0. The first-order valence-electron chi connectivity index (χ1n) is 10.7. The van der Waals surface area contributed by atoms with E-state index in [0.717, 1.165) is 17.8 Å². The summed E-state index contributed by atoms with van der Waals surface area (Å²) in [5.41, 5.74) is 1.22.